The number of hydrogen-bond donors (Lipinski definition) is 2. The molecule has 6 nitrogen and oxygen atoms in total. The van der Waals surface area contributed by atoms with Gasteiger partial charge in [0, 0.05) is 32.2 Å². The lowest BCUT2D eigenvalue weighted by atomic mass is 10.0. The van der Waals surface area contributed by atoms with E-state index in [9.17, 15) is 9.59 Å². The third-order valence-electron chi connectivity index (χ3n) is 4.38. The summed E-state index contributed by atoms with van der Waals surface area (Å²) < 4.78 is 0. The van der Waals surface area contributed by atoms with E-state index in [0.29, 0.717) is 36.9 Å². The minimum Gasteiger partial charge on any atom is -0.340 e. The Hall–Kier alpha value is -1.05. The van der Waals surface area contributed by atoms with E-state index in [1.165, 1.54) is 0 Å². The Morgan fingerprint density at radius 3 is 2.27 bits per heavy atom. The fraction of sp³-hybridized carbons (Fsp3) is 0.529. The number of para-hydroxylation sites is 1. The maximum Gasteiger partial charge on any atom is 0.238 e. The van der Waals surface area contributed by atoms with Gasteiger partial charge in [0.1, 0.15) is 0 Å². The summed E-state index contributed by atoms with van der Waals surface area (Å²) in [7, 11) is 0. The molecule has 148 valence electrons. The largest absolute Gasteiger partial charge is 0.340 e. The number of carbonyl (C=O) groups excluding carboxylic acids is 2. The fourth-order valence-corrected chi connectivity index (χ4v) is 2.78. The van der Waals surface area contributed by atoms with E-state index in [4.69, 9.17) is 17.3 Å². The standard InChI is InChI=1S/C17H25ClN4O2.2ClH/c1-12(13(2)19)17(24)22-9-7-21(8-10-22)11-16(23)20-15-6-4-3-5-14(15)18;;/h3-6,12-13H,7-11,19H2,1-2H3,(H,20,23);2*1H. The van der Waals surface area contributed by atoms with Gasteiger partial charge in [-0.3, -0.25) is 14.5 Å². The number of nitrogens with zero attached hydrogens (tertiary/aromatic N) is 2. The molecule has 1 aliphatic rings. The summed E-state index contributed by atoms with van der Waals surface area (Å²) in [6, 6.07) is 6.99. The Kier molecular flexibility index (Phi) is 11.1. The van der Waals surface area contributed by atoms with Crippen molar-refractivity contribution in [3.8, 4) is 0 Å². The first-order valence-electron chi connectivity index (χ1n) is 8.19. The van der Waals surface area contributed by atoms with Gasteiger partial charge in [-0.15, -0.1) is 24.8 Å². The molecule has 0 bridgehead atoms. The van der Waals surface area contributed by atoms with Crippen molar-refractivity contribution < 1.29 is 9.59 Å². The third-order valence-corrected chi connectivity index (χ3v) is 4.71. The second-order valence-corrected chi connectivity index (χ2v) is 6.68. The van der Waals surface area contributed by atoms with Crippen LogP contribution in [0.4, 0.5) is 5.69 Å². The van der Waals surface area contributed by atoms with Crippen LogP contribution >= 0.6 is 36.4 Å². The van der Waals surface area contributed by atoms with E-state index in [-0.39, 0.29) is 55.1 Å². The molecule has 1 aliphatic heterocycles. The number of benzene rings is 1. The van der Waals surface area contributed by atoms with Gasteiger partial charge in [0.15, 0.2) is 0 Å². The summed E-state index contributed by atoms with van der Waals surface area (Å²) in [4.78, 5) is 28.3. The number of rotatable bonds is 5. The van der Waals surface area contributed by atoms with Crippen LogP contribution in [0.1, 0.15) is 13.8 Å². The van der Waals surface area contributed by atoms with Crippen molar-refractivity contribution in [2.24, 2.45) is 11.7 Å². The Morgan fingerprint density at radius 1 is 1.15 bits per heavy atom. The second-order valence-electron chi connectivity index (χ2n) is 6.28. The highest BCUT2D eigenvalue weighted by molar-refractivity contribution is 6.33. The molecule has 1 fully saturated rings. The molecule has 9 heteroatoms. The van der Waals surface area contributed by atoms with Gasteiger partial charge in [0.2, 0.25) is 11.8 Å². The van der Waals surface area contributed by atoms with E-state index < -0.39 is 0 Å². The number of amides is 2. The maximum atomic E-state index is 12.3. The third kappa shape index (κ3) is 6.93. The molecule has 2 atom stereocenters. The monoisotopic (exact) mass is 424 g/mol. The number of piperazine rings is 1. The average molecular weight is 426 g/mol. The van der Waals surface area contributed by atoms with Crippen LogP contribution in [-0.4, -0.2) is 60.4 Å². The van der Waals surface area contributed by atoms with Gasteiger partial charge in [0.25, 0.3) is 0 Å². The predicted molar refractivity (Wildman–Crippen MR) is 110 cm³/mol. The van der Waals surface area contributed by atoms with Crippen molar-refractivity contribution in [3.63, 3.8) is 0 Å². The van der Waals surface area contributed by atoms with Crippen molar-refractivity contribution in [3.05, 3.63) is 29.3 Å². The summed E-state index contributed by atoms with van der Waals surface area (Å²) in [5, 5.41) is 3.33. The van der Waals surface area contributed by atoms with Gasteiger partial charge >= 0.3 is 0 Å². The minimum absolute atomic E-state index is 0. The van der Waals surface area contributed by atoms with Crippen LogP contribution in [-0.2, 0) is 9.59 Å². The zero-order chi connectivity index (χ0) is 17.7. The fourth-order valence-electron chi connectivity index (χ4n) is 2.59. The average Bonchev–Trinajstić information content (AvgIpc) is 2.56. The first-order valence-corrected chi connectivity index (χ1v) is 8.57. The molecular weight excluding hydrogens is 399 g/mol. The Bertz CT molecular complexity index is 593. The molecule has 1 heterocycles. The quantitative estimate of drug-likeness (QED) is 0.758. The number of hydrogen-bond acceptors (Lipinski definition) is 4. The van der Waals surface area contributed by atoms with Crippen molar-refractivity contribution in [1.29, 1.82) is 0 Å². The molecule has 2 amide bonds. The van der Waals surface area contributed by atoms with Crippen LogP contribution in [0, 0.1) is 5.92 Å². The first kappa shape index (κ1) is 24.9. The van der Waals surface area contributed by atoms with Gasteiger partial charge in [0.05, 0.1) is 23.2 Å². The lowest BCUT2D eigenvalue weighted by molar-refractivity contribution is -0.137. The summed E-state index contributed by atoms with van der Waals surface area (Å²) in [5.41, 5.74) is 6.42. The van der Waals surface area contributed by atoms with Crippen molar-refractivity contribution in [2.45, 2.75) is 19.9 Å². The lowest BCUT2D eigenvalue weighted by Crippen LogP contribution is -2.53. The second kappa shape index (κ2) is 11.6. The van der Waals surface area contributed by atoms with Crippen molar-refractivity contribution >= 4 is 53.9 Å². The Morgan fingerprint density at radius 2 is 1.73 bits per heavy atom. The van der Waals surface area contributed by atoms with Crippen LogP contribution in [0.15, 0.2) is 24.3 Å². The molecule has 3 N–H and O–H groups in total. The highest BCUT2D eigenvalue weighted by Gasteiger charge is 2.27. The van der Waals surface area contributed by atoms with Gasteiger partial charge in [-0.1, -0.05) is 30.7 Å². The molecule has 0 radical (unpaired) electrons. The van der Waals surface area contributed by atoms with Crippen LogP contribution in [0.5, 0.6) is 0 Å². The van der Waals surface area contributed by atoms with Gasteiger partial charge < -0.3 is 16.0 Å². The smallest absolute Gasteiger partial charge is 0.238 e. The maximum absolute atomic E-state index is 12.3. The molecule has 1 aromatic rings. The van der Waals surface area contributed by atoms with Gasteiger partial charge in [-0.25, -0.2) is 0 Å². The van der Waals surface area contributed by atoms with Crippen LogP contribution in [0.2, 0.25) is 5.02 Å². The van der Waals surface area contributed by atoms with Crippen LogP contribution < -0.4 is 11.1 Å². The summed E-state index contributed by atoms with van der Waals surface area (Å²) in [5.74, 6) is -0.197. The van der Waals surface area contributed by atoms with Crippen molar-refractivity contribution in [2.75, 3.05) is 38.0 Å². The highest BCUT2D eigenvalue weighted by atomic mass is 35.5. The SMILES string of the molecule is CC(N)C(C)C(=O)N1CCN(CC(=O)Nc2ccccc2Cl)CC1.Cl.Cl. The highest BCUT2D eigenvalue weighted by Crippen LogP contribution is 2.20. The number of halogens is 3. The molecule has 1 aromatic carbocycles. The van der Waals surface area contributed by atoms with Crippen molar-refractivity contribution in [1.82, 2.24) is 9.80 Å². The molecule has 26 heavy (non-hydrogen) atoms. The van der Waals surface area contributed by atoms with E-state index in [1.807, 2.05) is 35.8 Å². The molecular formula is C17H27Cl3N4O2. The zero-order valence-corrected chi connectivity index (χ0v) is 17.4. The molecule has 0 aromatic heterocycles. The Labute approximate surface area is 172 Å². The van der Waals surface area contributed by atoms with Gasteiger partial charge in [-0.2, -0.15) is 0 Å². The Balaban J connectivity index is 0.00000312. The summed E-state index contributed by atoms with van der Waals surface area (Å²) in [6.07, 6.45) is 0. The first-order chi connectivity index (χ1) is 11.4. The van der Waals surface area contributed by atoms with E-state index in [1.54, 1.807) is 12.1 Å². The van der Waals surface area contributed by atoms with Crippen LogP contribution in [0.3, 0.4) is 0 Å². The number of anilines is 1. The predicted octanol–water partition coefficient (Wildman–Crippen LogP) is 2.25. The zero-order valence-electron chi connectivity index (χ0n) is 15.0. The number of nitrogens with two attached hydrogens (primary N) is 1. The molecule has 1 saturated heterocycles. The normalized spacial score (nSPS) is 16.7. The molecule has 0 saturated carbocycles. The van der Waals surface area contributed by atoms with Crippen LogP contribution in [0.25, 0.3) is 0 Å². The van der Waals surface area contributed by atoms with E-state index in [0.717, 1.165) is 0 Å². The molecule has 0 spiro atoms. The van der Waals surface area contributed by atoms with Gasteiger partial charge in [-0.05, 0) is 19.1 Å². The molecule has 0 aliphatic carbocycles. The summed E-state index contributed by atoms with van der Waals surface area (Å²) in [6.45, 7) is 6.58. The molecule has 2 rings (SSSR count). The number of nitrogens with one attached hydrogen (secondary N) is 1. The summed E-state index contributed by atoms with van der Waals surface area (Å²) >= 11 is 6.04. The minimum atomic E-state index is -0.180. The lowest BCUT2D eigenvalue weighted by Gasteiger charge is -2.36. The van der Waals surface area contributed by atoms with E-state index in [2.05, 4.69) is 5.32 Å². The number of carbonyl (C=O) groups is 2. The topological polar surface area (TPSA) is 78.7 Å². The molecule has 2 unspecified atom stereocenters. The van der Waals surface area contributed by atoms with E-state index >= 15 is 0 Å².